The Bertz CT molecular complexity index is 911. The first-order chi connectivity index (χ1) is 12.3. The van der Waals surface area contributed by atoms with Crippen molar-refractivity contribution in [1.29, 1.82) is 0 Å². The largest absolute Gasteiger partial charge is 0.496 e. The second-order valence-corrected chi connectivity index (χ2v) is 6.10. The predicted molar refractivity (Wildman–Crippen MR) is 103 cm³/mol. The van der Waals surface area contributed by atoms with Gasteiger partial charge in [-0.2, -0.15) is 5.10 Å². The molecule has 1 fully saturated rings. The number of fused-ring (bicyclic) bond motifs is 1. The molecule has 136 valence electrons. The minimum atomic E-state index is -0.0699. The van der Waals surface area contributed by atoms with Crippen molar-refractivity contribution in [2.45, 2.75) is 6.04 Å². The molecular formula is C19H21ClN4O2. The molecule has 2 aromatic carbocycles. The van der Waals surface area contributed by atoms with Crippen molar-refractivity contribution < 1.29 is 9.53 Å². The van der Waals surface area contributed by atoms with Crippen LogP contribution < -0.4 is 10.1 Å². The van der Waals surface area contributed by atoms with Crippen LogP contribution in [0.5, 0.6) is 5.75 Å². The first-order valence-electron chi connectivity index (χ1n) is 8.36. The average molecular weight is 373 g/mol. The molecule has 4 rings (SSSR count). The third-order valence-electron chi connectivity index (χ3n) is 4.72. The quantitative estimate of drug-likeness (QED) is 0.741. The van der Waals surface area contributed by atoms with Gasteiger partial charge in [-0.05, 0) is 18.2 Å². The van der Waals surface area contributed by atoms with Crippen LogP contribution in [0.4, 0.5) is 0 Å². The van der Waals surface area contributed by atoms with Crippen molar-refractivity contribution in [2.24, 2.45) is 0 Å². The summed E-state index contributed by atoms with van der Waals surface area (Å²) in [6.07, 6.45) is 1.71. The first-order valence-corrected chi connectivity index (χ1v) is 8.36. The molecule has 1 aliphatic heterocycles. The molecule has 7 heteroatoms. The second-order valence-electron chi connectivity index (χ2n) is 6.10. The van der Waals surface area contributed by atoms with Crippen LogP contribution >= 0.6 is 12.4 Å². The fourth-order valence-corrected chi connectivity index (χ4v) is 3.48. The van der Waals surface area contributed by atoms with Gasteiger partial charge in [-0.1, -0.05) is 24.3 Å². The highest BCUT2D eigenvalue weighted by molar-refractivity contribution is 6.06. The Labute approximate surface area is 157 Å². The topological polar surface area (TPSA) is 70.2 Å². The van der Waals surface area contributed by atoms with E-state index in [2.05, 4.69) is 15.5 Å². The highest BCUT2D eigenvalue weighted by Crippen LogP contribution is 2.32. The van der Waals surface area contributed by atoms with Gasteiger partial charge >= 0.3 is 0 Å². The van der Waals surface area contributed by atoms with Gasteiger partial charge in [-0.25, -0.2) is 0 Å². The fraction of sp³-hybridized carbons (Fsp3) is 0.263. The zero-order valence-corrected chi connectivity index (χ0v) is 15.3. The van der Waals surface area contributed by atoms with Crippen LogP contribution in [0.2, 0.25) is 0 Å². The lowest BCUT2D eigenvalue weighted by Gasteiger charge is -2.37. The Morgan fingerprint density at radius 3 is 2.92 bits per heavy atom. The zero-order valence-electron chi connectivity index (χ0n) is 14.4. The van der Waals surface area contributed by atoms with Crippen LogP contribution in [0.25, 0.3) is 10.9 Å². The lowest BCUT2D eigenvalue weighted by Crippen LogP contribution is -2.48. The van der Waals surface area contributed by atoms with Gasteiger partial charge in [0.2, 0.25) is 0 Å². The summed E-state index contributed by atoms with van der Waals surface area (Å²) in [4.78, 5) is 15.2. The number of hydrogen-bond acceptors (Lipinski definition) is 4. The number of H-pyrrole nitrogens is 1. The standard InChI is InChI=1S/C19H20N4O2.ClH/c1-25-18-8-3-2-5-14(18)17-12-20-9-10-23(17)19(24)13-6-4-7-16-15(13)11-21-22-16;/h2-8,11,17,20H,9-10,12H2,1H3,(H,21,22);1H. The number of halogens is 1. The van der Waals surface area contributed by atoms with E-state index in [1.807, 2.05) is 47.4 Å². The molecule has 0 spiro atoms. The molecule has 1 atom stereocenters. The molecular weight excluding hydrogens is 352 g/mol. The highest BCUT2D eigenvalue weighted by atomic mass is 35.5. The fourth-order valence-electron chi connectivity index (χ4n) is 3.48. The van der Waals surface area contributed by atoms with Gasteiger partial charge in [0.05, 0.1) is 30.4 Å². The Kier molecular flexibility index (Phi) is 5.44. The smallest absolute Gasteiger partial charge is 0.255 e. The second kappa shape index (κ2) is 7.76. The first kappa shape index (κ1) is 18.2. The molecule has 2 N–H and O–H groups in total. The van der Waals surface area contributed by atoms with E-state index in [9.17, 15) is 4.79 Å². The number of rotatable bonds is 3. The van der Waals surface area contributed by atoms with Crippen molar-refractivity contribution in [2.75, 3.05) is 26.7 Å². The molecule has 1 aliphatic rings. The predicted octanol–water partition coefficient (Wildman–Crippen LogP) is 2.78. The minimum absolute atomic E-state index is 0. The van der Waals surface area contributed by atoms with Gasteiger partial charge in [-0.3, -0.25) is 9.89 Å². The molecule has 2 heterocycles. The van der Waals surface area contributed by atoms with Gasteiger partial charge in [0.25, 0.3) is 5.91 Å². The number of ether oxygens (including phenoxy) is 1. The molecule has 1 saturated heterocycles. The van der Waals surface area contributed by atoms with Crippen LogP contribution in [0, 0.1) is 0 Å². The molecule has 0 saturated carbocycles. The Hall–Kier alpha value is -2.57. The maximum atomic E-state index is 13.3. The molecule has 0 bridgehead atoms. The molecule has 0 aliphatic carbocycles. The van der Waals surface area contributed by atoms with E-state index < -0.39 is 0 Å². The Morgan fingerprint density at radius 2 is 2.08 bits per heavy atom. The molecule has 1 amide bonds. The summed E-state index contributed by atoms with van der Waals surface area (Å²) in [7, 11) is 1.66. The van der Waals surface area contributed by atoms with Crippen LogP contribution in [-0.2, 0) is 0 Å². The number of aromatic amines is 1. The van der Waals surface area contributed by atoms with E-state index in [0.29, 0.717) is 18.7 Å². The average Bonchev–Trinajstić information content (AvgIpc) is 3.16. The molecule has 26 heavy (non-hydrogen) atoms. The van der Waals surface area contributed by atoms with Crippen LogP contribution in [-0.4, -0.2) is 47.7 Å². The number of aromatic nitrogens is 2. The van der Waals surface area contributed by atoms with Gasteiger partial charge in [0, 0.05) is 30.6 Å². The van der Waals surface area contributed by atoms with Crippen molar-refractivity contribution in [3.8, 4) is 5.75 Å². The van der Waals surface area contributed by atoms with Crippen molar-refractivity contribution in [3.05, 3.63) is 59.8 Å². The lowest BCUT2D eigenvalue weighted by atomic mass is 10.00. The molecule has 0 radical (unpaired) electrons. The number of carbonyl (C=O) groups excluding carboxylic acids is 1. The number of methoxy groups -OCH3 is 1. The van der Waals surface area contributed by atoms with E-state index in [-0.39, 0.29) is 24.4 Å². The highest BCUT2D eigenvalue weighted by Gasteiger charge is 2.31. The van der Waals surface area contributed by atoms with E-state index in [1.165, 1.54) is 0 Å². The molecule has 6 nitrogen and oxygen atoms in total. The SMILES string of the molecule is COc1ccccc1C1CNCCN1C(=O)c1cccc2[nH]ncc12.Cl. The van der Waals surface area contributed by atoms with Crippen molar-refractivity contribution in [1.82, 2.24) is 20.4 Å². The Morgan fingerprint density at radius 1 is 1.23 bits per heavy atom. The number of para-hydroxylation sites is 1. The van der Waals surface area contributed by atoms with Crippen LogP contribution in [0.3, 0.4) is 0 Å². The number of piperazine rings is 1. The Balaban J connectivity index is 0.00000196. The monoisotopic (exact) mass is 372 g/mol. The van der Waals surface area contributed by atoms with Gasteiger partial charge in [0.1, 0.15) is 5.75 Å². The third-order valence-corrected chi connectivity index (χ3v) is 4.72. The number of hydrogen-bond donors (Lipinski definition) is 2. The van der Waals surface area contributed by atoms with E-state index in [0.717, 1.165) is 28.8 Å². The lowest BCUT2D eigenvalue weighted by molar-refractivity contribution is 0.0633. The summed E-state index contributed by atoms with van der Waals surface area (Å²) in [5.41, 5.74) is 2.56. The summed E-state index contributed by atoms with van der Waals surface area (Å²) in [6, 6.07) is 13.5. The van der Waals surface area contributed by atoms with E-state index in [4.69, 9.17) is 4.74 Å². The summed E-state index contributed by atoms with van der Waals surface area (Å²) < 4.78 is 5.51. The zero-order chi connectivity index (χ0) is 17.2. The number of carbonyl (C=O) groups is 1. The maximum absolute atomic E-state index is 13.3. The summed E-state index contributed by atoms with van der Waals surface area (Å²) in [6.45, 7) is 2.13. The number of nitrogens with one attached hydrogen (secondary N) is 2. The molecule has 3 aromatic rings. The summed E-state index contributed by atoms with van der Waals surface area (Å²) in [5.74, 6) is 0.819. The number of benzene rings is 2. The normalized spacial score (nSPS) is 17.0. The number of nitrogens with zero attached hydrogens (tertiary/aromatic N) is 2. The van der Waals surface area contributed by atoms with Gasteiger partial charge in [0.15, 0.2) is 0 Å². The van der Waals surface area contributed by atoms with Gasteiger partial charge < -0.3 is 15.0 Å². The van der Waals surface area contributed by atoms with E-state index >= 15 is 0 Å². The van der Waals surface area contributed by atoms with Crippen molar-refractivity contribution >= 4 is 29.2 Å². The minimum Gasteiger partial charge on any atom is -0.496 e. The third kappa shape index (κ3) is 3.13. The maximum Gasteiger partial charge on any atom is 0.255 e. The summed E-state index contributed by atoms with van der Waals surface area (Å²) >= 11 is 0. The van der Waals surface area contributed by atoms with E-state index in [1.54, 1.807) is 13.3 Å². The van der Waals surface area contributed by atoms with Gasteiger partial charge in [-0.15, -0.1) is 12.4 Å². The number of amides is 1. The molecule has 1 aromatic heterocycles. The van der Waals surface area contributed by atoms with Crippen LogP contribution in [0.15, 0.2) is 48.7 Å². The van der Waals surface area contributed by atoms with Crippen LogP contribution in [0.1, 0.15) is 22.0 Å². The van der Waals surface area contributed by atoms with Crippen molar-refractivity contribution in [3.63, 3.8) is 0 Å². The summed E-state index contributed by atoms with van der Waals surface area (Å²) in [5, 5.41) is 11.2. The molecule has 1 unspecified atom stereocenters.